The Balaban J connectivity index is 1.81. The maximum absolute atomic E-state index is 13.4. The van der Waals surface area contributed by atoms with Gasteiger partial charge in [-0.25, -0.2) is 8.42 Å². The topological polar surface area (TPSA) is 95.8 Å². The minimum atomic E-state index is -3.88. The van der Waals surface area contributed by atoms with Crippen LogP contribution < -0.4 is 5.32 Å². The SMILES string of the molecule is Cc1noc(/C=C/N(C)C)c1S(=O)(=O)N1CCCC(C(=O)Nc2cccc(Cl)c2C)C1. The molecule has 10 heteroatoms. The van der Waals surface area contributed by atoms with Crippen molar-refractivity contribution in [1.82, 2.24) is 14.4 Å². The summed E-state index contributed by atoms with van der Waals surface area (Å²) in [6.07, 6.45) is 4.45. The van der Waals surface area contributed by atoms with Crippen molar-refractivity contribution in [3.05, 3.63) is 46.4 Å². The van der Waals surface area contributed by atoms with E-state index in [1.165, 1.54) is 4.31 Å². The largest absolute Gasteiger partial charge is 0.383 e. The van der Waals surface area contributed by atoms with E-state index in [1.807, 2.05) is 21.0 Å². The number of nitrogens with zero attached hydrogens (tertiary/aromatic N) is 3. The maximum atomic E-state index is 13.4. The zero-order valence-electron chi connectivity index (χ0n) is 18.1. The Hall–Kier alpha value is -2.36. The second-order valence-electron chi connectivity index (χ2n) is 7.84. The molecule has 8 nitrogen and oxygen atoms in total. The molecule has 1 amide bonds. The van der Waals surface area contributed by atoms with Crippen LogP contribution in [0.3, 0.4) is 0 Å². The van der Waals surface area contributed by atoms with E-state index >= 15 is 0 Å². The zero-order chi connectivity index (χ0) is 22.8. The number of anilines is 1. The van der Waals surface area contributed by atoms with E-state index in [0.29, 0.717) is 35.8 Å². The number of sulfonamides is 1. The van der Waals surface area contributed by atoms with Gasteiger partial charge in [0.15, 0.2) is 10.7 Å². The van der Waals surface area contributed by atoms with Crippen LogP contribution in [0.4, 0.5) is 5.69 Å². The van der Waals surface area contributed by atoms with E-state index in [2.05, 4.69) is 10.5 Å². The van der Waals surface area contributed by atoms with E-state index in [4.69, 9.17) is 16.1 Å². The van der Waals surface area contributed by atoms with E-state index in [1.54, 1.807) is 42.3 Å². The highest BCUT2D eigenvalue weighted by molar-refractivity contribution is 7.89. The van der Waals surface area contributed by atoms with Crippen LogP contribution in [0.2, 0.25) is 5.02 Å². The number of hydrogen-bond acceptors (Lipinski definition) is 6. The molecule has 1 aliphatic heterocycles. The van der Waals surface area contributed by atoms with Crippen molar-refractivity contribution in [3.8, 4) is 0 Å². The highest BCUT2D eigenvalue weighted by atomic mass is 35.5. The highest BCUT2D eigenvalue weighted by Crippen LogP contribution is 2.30. The van der Waals surface area contributed by atoms with Crippen molar-refractivity contribution in [2.45, 2.75) is 31.6 Å². The lowest BCUT2D eigenvalue weighted by molar-refractivity contribution is -0.120. The smallest absolute Gasteiger partial charge is 0.248 e. The van der Waals surface area contributed by atoms with Crippen molar-refractivity contribution < 1.29 is 17.7 Å². The summed E-state index contributed by atoms with van der Waals surface area (Å²) in [5.41, 5.74) is 1.69. The molecule has 1 atom stereocenters. The fourth-order valence-corrected chi connectivity index (χ4v) is 5.45. The Morgan fingerprint density at radius 3 is 2.81 bits per heavy atom. The van der Waals surface area contributed by atoms with Gasteiger partial charge in [0.1, 0.15) is 5.69 Å². The molecule has 1 fully saturated rings. The van der Waals surface area contributed by atoms with Gasteiger partial charge in [-0.1, -0.05) is 22.8 Å². The van der Waals surface area contributed by atoms with Crippen molar-refractivity contribution in [2.75, 3.05) is 32.5 Å². The summed E-state index contributed by atoms with van der Waals surface area (Å²) >= 11 is 6.14. The number of rotatable bonds is 6. The van der Waals surface area contributed by atoms with Crippen LogP contribution in [0.15, 0.2) is 33.8 Å². The van der Waals surface area contributed by atoms with Gasteiger partial charge in [0.2, 0.25) is 15.9 Å². The number of amides is 1. The maximum Gasteiger partial charge on any atom is 0.248 e. The normalized spacial score (nSPS) is 17.8. The van der Waals surface area contributed by atoms with Crippen molar-refractivity contribution >= 4 is 39.3 Å². The van der Waals surface area contributed by atoms with Crippen molar-refractivity contribution in [1.29, 1.82) is 0 Å². The lowest BCUT2D eigenvalue weighted by Crippen LogP contribution is -2.44. The monoisotopic (exact) mass is 466 g/mol. The van der Waals surface area contributed by atoms with Gasteiger partial charge in [-0.05, 0) is 44.4 Å². The summed E-state index contributed by atoms with van der Waals surface area (Å²) in [7, 11) is -0.230. The molecule has 31 heavy (non-hydrogen) atoms. The first-order valence-electron chi connectivity index (χ1n) is 9.98. The molecule has 0 aliphatic carbocycles. The number of benzene rings is 1. The molecule has 0 spiro atoms. The molecular weight excluding hydrogens is 440 g/mol. The lowest BCUT2D eigenvalue weighted by atomic mass is 9.98. The number of hydrogen-bond donors (Lipinski definition) is 1. The number of carbonyl (C=O) groups excluding carboxylic acids is 1. The summed E-state index contributed by atoms with van der Waals surface area (Å²) < 4.78 is 33.4. The van der Waals surface area contributed by atoms with E-state index < -0.39 is 15.9 Å². The Labute approximate surface area is 187 Å². The van der Waals surface area contributed by atoms with Crippen molar-refractivity contribution in [2.24, 2.45) is 5.92 Å². The number of carbonyl (C=O) groups is 1. The molecule has 0 saturated carbocycles. The third kappa shape index (κ3) is 5.11. The Kier molecular flexibility index (Phi) is 7.08. The van der Waals surface area contributed by atoms with Crippen LogP contribution in [-0.4, -0.2) is 55.9 Å². The first-order chi connectivity index (χ1) is 14.6. The third-order valence-electron chi connectivity index (χ3n) is 5.24. The standard InChI is InChI=1S/C21H27ClN4O4S/c1-14-17(22)8-5-9-18(14)23-21(27)16-7-6-11-26(13-16)31(28,29)20-15(2)24-30-19(20)10-12-25(3)4/h5,8-10,12,16H,6-7,11,13H2,1-4H3,(H,23,27)/b12-10+. The van der Waals surface area contributed by atoms with Crippen LogP contribution in [-0.2, 0) is 14.8 Å². The third-order valence-corrected chi connectivity index (χ3v) is 7.67. The van der Waals surface area contributed by atoms with Gasteiger partial charge in [-0.2, -0.15) is 4.31 Å². The predicted octanol–water partition coefficient (Wildman–Crippen LogP) is 3.52. The Morgan fingerprint density at radius 1 is 1.35 bits per heavy atom. The molecule has 1 saturated heterocycles. The Bertz CT molecular complexity index is 1090. The first-order valence-corrected chi connectivity index (χ1v) is 11.8. The van der Waals surface area contributed by atoms with Crippen LogP contribution in [0.5, 0.6) is 0 Å². The molecule has 168 valence electrons. The number of piperidine rings is 1. The fraction of sp³-hybridized carbons (Fsp3) is 0.429. The van der Waals surface area contributed by atoms with Crippen LogP contribution in [0.1, 0.15) is 29.9 Å². The molecule has 3 rings (SSSR count). The van der Waals surface area contributed by atoms with Crippen LogP contribution in [0.25, 0.3) is 6.08 Å². The number of halogens is 1. The summed E-state index contributed by atoms with van der Waals surface area (Å²) in [5.74, 6) is -0.518. The van der Waals surface area contributed by atoms with Gasteiger partial charge >= 0.3 is 0 Å². The van der Waals surface area contributed by atoms with Gasteiger partial charge in [-0.15, -0.1) is 0 Å². The molecule has 1 N–H and O–H groups in total. The highest BCUT2D eigenvalue weighted by Gasteiger charge is 2.37. The second-order valence-corrected chi connectivity index (χ2v) is 10.1. The average Bonchev–Trinajstić information content (AvgIpc) is 3.11. The molecule has 2 heterocycles. The molecule has 1 unspecified atom stereocenters. The minimum absolute atomic E-state index is 0.0392. The first kappa shape index (κ1) is 23.3. The van der Waals surface area contributed by atoms with Gasteiger partial charge < -0.3 is 14.7 Å². The minimum Gasteiger partial charge on any atom is -0.383 e. The number of aryl methyl sites for hydroxylation is 1. The summed E-state index contributed by atoms with van der Waals surface area (Å²) in [4.78, 5) is 14.7. The van der Waals surface area contributed by atoms with E-state index in [9.17, 15) is 13.2 Å². The average molecular weight is 467 g/mol. The van der Waals surface area contributed by atoms with Gasteiger partial charge in [0.25, 0.3) is 0 Å². The van der Waals surface area contributed by atoms with E-state index in [-0.39, 0.29) is 23.1 Å². The van der Waals surface area contributed by atoms with Crippen molar-refractivity contribution in [3.63, 3.8) is 0 Å². The molecule has 0 bridgehead atoms. The summed E-state index contributed by atoms with van der Waals surface area (Å²) in [6, 6.07) is 5.30. The van der Waals surface area contributed by atoms with Gasteiger partial charge in [-0.3, -0.25) is 4.79 Å². The molecular formula is C21H27ClN4O4S. The van der Waals surface area contributed by atoms with E-state index in [0.717, 1.165) is 5.56 Å². The number of nitrogens with one attached hydrogen (secondary N) is 1. The second kappa shape index (κ2) is 9.42. The van der Waals surface area contributed by atoms with Gasteiger partial charge in [0, 0.05) is 50.2 Å². The number of aromatic nitrogens is 1. The quantitative estimate of drug-likeness (QED) is 0.699. The molecule has 1 aromatic heterocycles. The predicted molar refractivity (Wildman–Crippen MR) is 120 cm³/mol. The molecule has 0 radical (unpaired) electrons. The molecule has 2 aromatic rings. The zero-order valence-corrected chi connectivity index (χ0v) is 19.6. The lowest BCUT2D eigenvalue weighted by Gasteiger charge is -2.31. The molecule has 1 aliphatic rings. The summed E-state index contributed by atoms with van der Waals surface area (Å²) in [5, 5.41) is 7.29. The molecule has 1 aromatic carbocycles. The van der Waals surface area contributed by atoms with Crippen LogP contribution in [0, 0.1) is 19.8 Å². The van der Waals surface area contributed by atoms with Crippen LogP contribution >= 0.6 is 11.6 Å². The summed E-state index contributed by atoms with van der Waals surface area (Å²) in [6.45, 7) is 3.85. The van der Waals surface area contributed by atoms with Gasteiger partial charge in [0.05, 0.1) is 5.92 Å². The fourth-order valence-electron chi connectivity index (χ4n) is 3.50. The Morgan fingerprint density at radius 2 is 2.10 bits per heavy atom.